The molecule has 2 amide bonds. The lowest BCUT2D eigenvalue weighted by Gasteiger charge is -2.03. The van der Waals surface area contributed by atoms with Gasteiger partial charge in [-0.05, 0) is 12.8 Å². The summed E-state index contributed by atoms with van der Waals surface area (Å²) in [5, 5.41) is 3.03. The number of carbonyl (C=O) groups excluding carboxylic acids is 2. The zero-order chi connectivity index (χ0) is 41.0. The van der Waals surface area contributed by atoms with Gasteiger partial charge in [-0.3, -0.25) is 9.59 Å². The van der Waals surface area contributed by atoms with Gasteiger partial charge in [0.1, 0.15) is 0 Å². The first-order chi connectivity index (χ1) is 27.0. The first kappa shape index (κ1) is 58.1. The number of unbranched alkanes of at least 4 members (excludes halogenated alkanes) is 36. The molecule has 0 aromatic heterocycles. The lowest BCUT2D eigenvalue weighted by molar-refractivity contribution is -0.119. The second kappa shape index (κ2) is 57.1. The highest BCUT2D eigenvalue weighted by molar-refractivity contribution is 5.73. The van der Waals surface area contributed by atoms with Gasteiger partial charge in [0.05, 0.1) is 0 Å². The minimum Gasteiger partial charge on any atom is -0.370 e. The summed E-state index contributed by atoms with van der Waals surface area (Å²) in [6.07, 6.45) is 53.6. The molecular formula is C48H103N5O2. The monoisotopic (exact) mass is 782 g/mol. The van der Waals surface area contributed by atoms with E-state index < -0.39 is 0 Å². The van der Waals surface area contributed by atoms with E-state index in [2.05, 4.69) is 19.2 Å². The molecule has 7 nitrogen and oxygen atoms in total. The Morgan fingerprint density at radius 2 is 0.473 bits per heavy atom. The van der Waals surface area contributed by atoms with Crippen LogP contribution in [0.15, 0.2) is 0 Å². The molecule has 0 saturated carbocycles. The highest BCUT2D eigenvalue weighted by Crippen LogP contribution is 2.16. The minimum atomic E-state index is -0.151. The molecule has 0 aliphatic heterocycles. The standard InChI is InChI=1S/2C22H45NO.C4H13N3/c2*1-2-3-4-5-6-7-8-9-10-11-12-13-14-15-16-17-18-19-20-21-22(23)24;5-1-3-7-4-2-6/h2*2-21H2,1H3,(H2,23,24);7H,1-6H2. The van der Waals surface area contributed by atoms with Crippen molar-refractivity contribution in [1.29, 1.82) is 0 Å². The third kappa shape index (κ3) is 67.9. The van der Waals surface area contributed by atoms with Gasteiger partial charge in [-0.15, -0.1) is 0 Å². The van der Waals surface area contributed by atoms with Crippen LogP contribution in [0.5, 0.6) is 0 Å². The van der Waals surface area contributed by atoms with Crippen LogP contribution in [-0.2, 0) is 9.59 Å². The van der Waals surface area contributed by atoms with E-state index in [1.54, 1.807) is 0 Å². The fourth-order valence-corrected chi connectivity index (χ4v) is 7.08. The van der Waals surface area contributed by atoms with Crippen LogP contribution in [0.3, 0.4) is 0 Å². The molecule has 0 bridgehead atoms. The van der Waals surface area contributed by atoms with Crippen LogP contribution in [0.25, 0.3) is 0 Å². The van der Waals surface area contributed by atoms with Crippen LogP contribution < -0.4 is 28.3 Å². The van der Waals surface area contributed by atoms with Crippen molar-refractivity contribution >= 4 is 11.8 Å². The first-order valence-corrected chi connectivity index (χ1v) is 24.6. The van der Waals surface area contributed by atoms with Crippen LogP contribution in [0.4, 0.5) is 0 Å². The Balaban J connectivity index is -0.000000837. The maximum absolute atomic E-state index is 10.6. The summed E-state index contributed by atoms with van der Waals surface area (Å²) in [5.74, 6) is -0.302. The van der Waals surface area contributed by atoms with Gasteiger partial charge < -0.3 is 28.3 Å². The molecule has 0 fully saturated rings. The van der Waals surface area contributed by atoms with Crippen LogP contribution in [-0.4, -0.2) is 38.0 Å². The Morgan fingerprint density at radius 3 is 0.618 bits per heavy atom. The average molecular weight is 782 g/mol. The van der Waals surface area contributed by atoms with Crippen molar-refractivity contribution in [3.05, 3.63) is 0 Å². The normalized spacial score (nSPS) is 10.8. The molecule has 0 rings (SSSR count). The molecule has 0 aliphatic carbocycles. The summed E-state index contributed by atoms with van der Waals surface area (Å²) < 4.78 is 0. The lowest BCUT2D eigenvalue weighted by Crippen LogP contribution is -2.27. The molecule has 0 aromatic rings. The third-order valence-electron chi connectivity index (χ3n) is 10.7. The van der Waals surface area contributed by atoms with Crippen molar-refractivity contribution in [2.45, 2.75) is 271 Å². The predicted octanol–water partition coefficient (Wildman–Crippen LogP) is 13.1. The lowest BCUT2D eigenvalue weighted by atomic mass is 10.0. The van der Waals surface area contributed by atoms with Gasteiger partial charge in [0.2, 0.25) is 11.8 Å². The summed E-state index contributed by atoms with van der Waals surface area (Å²) in [4.78, 5) is 21.2. The molecule has 7 heteroatoms. The molecular weight excluding hydrogens is 679 g/mol. The van der Waals surface area contributed by atoms with Crippen molar-refractivity contribution in [3.8, 4) is 0 Å². The Morgan fingerprint density at radius 1 is 0.309 bits per heavy atom. The molecule has 332 valence electrons. The predicted molar refractivity (Wildman–Crippen MR) is 245 cm³/mol. The largest absolute Gasteiger partial charge is 0.370 e. The fourth-order valence-electron chi connectivity index (χ4n) is 7.08. The van der Waals surface area contributed by atoms with E-state index in [4.69, 9.17) is 22.9 Å². The quantitative estimate of drug-likeness (QED) is 0.0390. The number of nitrogens with two attached hydrogens (primary N) is 4. The second-order valence-corrected chi connectivity index (χ2v) is 16.5. The highest BCUT2D eigenvalue weighted by atomic mass is 16.1. The zero-order valence-corrected chi connectivity index (χ0v) is 37.7. The number of nitrogens with one attached hydrogen (secondary N) is 1. The molecule has 0 atom stereocenters. The molecule has 0 heterocycles. The van der Waals surface area contributed by atoms with Gasteiger partial charge in [-0.25, -0.2) is 0 Å². The number of rotatable bonds is 44. The van der Waals surface area contributed by atoms with Gasteiger partial charge in [0.25, 0.3) is 0 Å². The van der Waals surface area contributed by atoms with Gasteiger partial charge in [-0.2, -0.15) is 0 Å². The third-order valence-corrected chi connectivity index (χ3v) is 10.7. The fraction of sp³-hybridized carbons (Fsp3) is 0.958. The van der Waals surface area contributed by atoms with Gasteiger partial charge >= 0.3 is 0 Å². The van der Waals surface area contributed by atoms with Crippen molar-refractivity contribution in [3.63, 3.8) is 0 Å². The molecule has 55 heavy (non-hydrogen) atoms. The Kier molecular flexibility index (Phi) is 60.4. The van der Waals surface area contributed by atoms with Crippen LogP contribution in [0, 0.1) is 0 Å². The number of hydrogen-bond acceptors (Lipinski definition) is 5. The molecule has 0 saturated heterocycles. The number of hydrogen-bond donors (Lipinski definition) is 5. The second-order valence-electron chi connectivity index (χ2n) is 16.5. The summed E-state index contributed by atoms with van der Waals surface area (Å²) in [6.45, 7) is 7.71. The van der Waals surface area contributed by atoms with Gasteiger partial charge in [0.15, 0.2) is 0 Å². The number of carbonyl (C=O) groups is 2. The van der Waals surface area contributed by atoms with E-state index in [0.717, 1.165) is 25.9 Å². The summed E-state index contributed by atoms with van der Waals surface area (Å²) in [6, 6.07) is 0. The van der Waals surface area contributed by atoms with Crippen LogP contribution in [0.1, 0.15) is 271 Å². The maximum Gasteiger partial charge on any atom is 0.217 e. The van der Waals surface area contributed by atoms with E-state index in [0.29, 0.717) is 25.9 Å². The maximum atomic E-state index is 10.6. The van der Waals surface area contributed by atoms with Crippen molar-refractivity contribution in [2.75, 3.05) is 26.2 Å². The van der Waals surface area contributed by atoms with E-state index in [1.165, 1.54) is 231 Å². The van der Waals surface area contributed by atoms with Crippen molar-refractivity contribution < 1.29 is 9.59 Å². The van der Waals surface area contributed by atoms with Gasteiger partial charge in [0, 0.05) is 39.0 Å². The topological polar surface area (TPSA) is 150 Å². The van der Waals surface area contributed by atoms with E-state index >= 15 is 0 Å². The molecule has 0 aromatic carbocycles. The summed E-state index contributed by atoms with van der Waals surface area (Å²) in [5.41, 5.74) is 20.6. The van der Waals surface area contributed by atoms with E-state index in [-0.39, 0.29) is 11.8 Å². The number of primary amides is 2. The van der Waals surface area contributed by atoms with Crippen molar-refractivity contribution in [1.82, 2.24) is 5.32 Å². The van der Waals surface area contributed by atoms with Crippen LogP contribution in [0.2, 0.25) is 0 Å². The molecule has 0 radical (unpaired) electrons. The molecule has 0 aliphatic rings. The van der Waals surface area contributed by atoms with Crippen molar-refractivity contribution in [2.24, 2.45) is 22.9 Å². The Labute approximate surface area is 345 Å². The summed E-state index contributed by atoms with van der Waals surface area (Å²) >= 11 is 0. The first-order valence-electron chi connectivity index (χ1n) is 24.6. The van der Waals surface area contributed by atoms with Gasteiger partial charge in [-0.1, -0.05) is 245 Å². The summed E-state index contributed by atoms with van der Waals surface area (Å²) in [7, 11) is 0. The smallest absolute Gasteiger partial charge is 0.217 e. The number of amides is 2. The minimum absolute atomic E-state index is 0.151. The molecule has 9 N–H and O–H groups in total. The Bertz CT molecular complexity index is 637. The molecule has 0 spiro atoms. The zero-order valence-electron chi connectivity index (χ0n) is 37.7. The van der Waals surface area contributed by atoms with Crippen LogP contribution >= 0.6 is 0 Å². The van der Waals surface area contributed by atoms with E-state index in [1.807, 2.05) is 0 Å². The average Bonchev–Trinajstić information content (AvgIpc) is 3.17. The van der Waals surface area contributed by atoms with E-state index in [9.17, 15) is 9.59 Å². The SMILES string of the molecule is CCCCCCCCCCCCCCCCCCCCCC(N)=O.CCCCCCCCCCCCCCCCCCCCCC(N)=O.NCCNCCN. The Hall–Kier alpha value is -1.18. The highest BCUT2D eigenvalue weighted by Gasteiger charge is 1.98. The molecule has 0 unspecified atom stereocenters.